The molecule has 0 spiro atoms. The van der Waals surface area contributed by atoms with Crippen LogP contribution in [0.3, 0.4) is 0 Å². The molecule has 1 aromatic heterocycles. The lowest BCUT2D eigenvalue weighted by Gasteiger charge is -2.34. The SMILES string of the molecule is CN(C)c1ccc(C(=O)N2CCN(Cc3cccs3)CC2)cc1[N+](=O)[O-]. The van der Waals surface area contributed by atoms with E-state index in [4.69, 9.17) is 0 Å². The van der Waals surface area contributed by atoms with Crippen LogP contribution < -0.4 is 4.90 Å². The van der Waals surface area contributed by atoms with E-state index in [-0.39, 0.29) is 11.6 Å². The van der Waals surface area contributed by atoms with Gasteiger partial charge in [-0.15, -0.1) is 11.3 Å². The van der Waals surface area contributed by atoms with E-state index in [1.165, 1.54) is 10.9 Å². The molecule has 2 heterocycles. The average molecular weight is 374 g/mol. The van der Waals surface area contributed by atoms with E-state index < -0.39 is 4.92 Å². The lowest BCUT2D eigenvalue weighted by Crippen LogP contribution is -2.48. The Labute approximate surface area is 156 Å². The topological polar surface area (TPSA) is 69.9 Å². The number of piperazine rings is 1. The maximum atomic E-state index is 12.8. The zero-order valence-electron chi connectivity index (χ0n) is 14.9. The lowest BCUT2D eigenvalue weighted by atomic mass is 10.1. The number of carbonyl (C=O) groups is 1. The van der Waals surface area contributed by atoms with Gasteiger partial charge in [-0.3, -0.25) is 19.8 Å². The number of hydrogen-bond acceptors (Lipinski definition) is 6. The molecular weight excluding hydrogens is 352 g/mol. The molecule has 0 aliphatic carbocycles. The molecule has 26 heavy (non-hydrogen) atoms. The van der Waals surface area contributed by atoms with Gasteiger partial charge in [-0.2, -0.15) is 0 Å². The standard InChI is InChI=1S/C18H22N4O3S/c1-19(2)16-6-5-14(12-17(16)22(24)25)18(23)21-9-7-20(8-10-21)13-15-4-3-11-26-15/h3-6,11-12H,7-10,13H2,1-2H3. The normalized spacial score (nSPS) is 15.1. The molecule has 1 fully saturated rings. The largest absolute Gasteiger partial charge is 0.372 e. The number of hydrogen-bond donors (Lipinski definition) is 0. The molecule has 0 N–H and O–H groups in total. The third-order valence-electron chi connectivity index (χ3n) is 4.52. The van der Waals surface area contributed by atoms with Gasteiger partial charge in [0.15, 0.2) is 0 Å². The van der Waals surface area contributed by atoms with E-state index in [2.05, 4.69) is 16.3 Å². The van der Waals surface area contributed by atoms with E-state index in [0.717, 1.165) is 19.6 Å². The highest BCUT2D eigenvalue weighted by molar-refractivity contribution is 7.09. The highest BCUT2D eigenvalue weighted by Crippen LogP contribution is 2.28. The van der Waals surface area contributed by atoms with E-state index in [0.29, 0.717) is 24.3 Å². The Morgan fingerprint density at radius 2 is 1.96 bits per heavy atom. The van der Waals surface area contributed by atoms with Crippen molar-refractivity contribution in [2.75, 3.05) is 45.2 Å². The van der Waals surface area contributed by atoms with Crippen LogP contribution in [0.2, 0.25) is 0 Å². The van der Waals surface area contributed by atoms with Crippen molar-refractivity contribution in [3.8, 4) is 0 Å². The van der Waals surface area contributed by atoms with Crippen molar-refractivity contribution in [1.82, 2.24) is 9.80 Å². The minimum atomic E-state index is -0.439. The molecule has 138 valence electrons. The molecule has 0 radical (unpaired) electrons. The first-order chi connectivity index (χ1) is 12.5. The third kappa shape index (κ3) is 4.03. The summed E-state index contributed by atoms with van der Waals surface area (Å²) in [5.74, 6) is -0.144. The average Bonchev–Trinajstić information content (AvgIpc) is 3.14. The van der Waals surface area contributed by atoms with Crippen molar-refractivity contribution in [2.24, 2.45) is 0 Å². The fourth-order valence-electron chi connectivity index (χ4n) is 3.10. The maximum absolute atomic E-state index is 12.8. The summed E-state index contributed by atoms with van der Waals surface area (Å²) in [5.41, 5.74) is 0.818. The highest BCUT2D eigenvalue weighted by atomic mass is 32.1. The van der Waals surface area contributed by atoms with Crippen molar-refractivity contribution >= 4 is 28.6 Å². The van der Waals surface area contributed by atoms with Gasteiger partial charge in [0.1, 0.15) is 5.69 Å². The van der Waals surface area contributed by atoms with Crippen molar-refractivity contribution in [3.63, 3.8) is 0 Å². The van der Waals surface area contributed by atoms with Gasteiger partial charge in [-0.25, -0.2) is 0 Å². The number of amides is 1. The molecule has 8 heteroatoms. The molecule has 2 aromatic rings. The molecule has 0 bridgehead atoms. The van der Waals surface area contributed by atoms with Gasteiger partial charge in [-0.05, 0) is 23.6 Å². The first-order valence-electron chi connectivity index (χ1n) is 8.45. The summed E-state index contributed by atoms with van der Waals surface area (Å²) in [6, 6.07) is 8.86. The van der Waals surface area contributed by atoms with E-state index in [9.17, 15) is 14.9 Å². The van der Waals surface area contributed by atoms with Crippen LogP contribution in [0.5, 0.6) is 0 Å². The molecule has 1 amide bonds. The summed E-state index contributed by atoms with van der Waals surface area (Å²) < 4.78 is 0. The maximum Gasteiger partial charge on any atom is 0.293 e. The van der Waals surface area contributed by atoms with E-state index in [1.807, 2.05) is 6.07 Å². The van der Waals surface area contributed by atoms with Crippen LogP contribution in [0.15, 0.2) is 35.7 Å². The van der Waals surface area contributed by atoms with Gasteiger partial charge in [0.2, 0.25) is 0 Å². The Balaban J connectivity index is 1.66. The number of benzene rings is 1. The molecular formula is C18H22N4O3S. The van der Waals surface area contributed by atoms with Crippen LogP contribution in [0, 0.1) is 10.1 Å². The first kappa shape index (κ1) is 18.3. The number of nitro groups is 1. The molecule has 0 unspecified atom stereocenters. The highest BCUT2D eigenvalue weighted by Gasteiger charge is 2.25. The van der Waals surface area contributed by atoms with Crippen molar-refractivity contribution in [3.05, 3.63) is 56.3 Å². The molecule has 1 aliphatic heterocycles. The number of rotatable bonds is 5. The van der Waals surface area contributed by atoms with Gasteiger partial charge in [0.05, 0.1) is 4.92 Å². The second kappa shape index (κ2) is 7.84. The Morgan fingerprint density at radius 3 is 2.54 bits per heavy atom. The molecule has 7 nitrogen and oxygen atoms in total. The lowest BCUT2D eigenvalue weighted by molar-refractivity contribution is -0.384. The minimum Gasteiger partial charge on any atom is -0.372 e. The van der Waals surface area contributed by atoms with Crippen LogP contribution >= 0.6 is 11.3 Å². The van der Waals surface area contributed by atoms with Gasteiger partial charge in [-0.1, -0.05) is 6.07 Å². The van der Waals surface area contributed by atoms with Crippen molar-refractivity contribution in [1.29, 1.82) is 0 Å². The number of nitro benzene ring substituents is 1. The zero-order valence-corrected chi connectivity index (χ0v) is 15.7. The molecule has 0 atom stereocenters. The fourth-order valence-corrected chi connectivity index (χ4v) is 3.84. The Kier molecular flexibility index (Phi) is 5.53. The van der Waals surface area contributed by atoms with Crippen LogP contribution in [-0.2, 0) is 6.54 Å². The molecule has 1 aliphatic rings. The van der Waals surface area contributed by atoms with Crippen LogP contribution in [-0.4, -0.2) is 60.9 Å². The predicted molar refractivity (Wildman–Crippen MR) is 103 cm³/mol. The second-order valence-corrected chi connectivity index (χ2v) is 7.53. The van der Waals surface area contributed by atoms with Crippen LogP contribution in [0.25, 0.3) is 0 Å². The molecule has 1 saturated heterocycles. The Morgan fingerprint density at radius 1 is 1.23 bits per heavy atom. The van der Waals surface area contributed by atoms with Crippen LogP contribution in [0.1, 0.15) is 15.2 Å². The zero-order chi connectivity index (χ0) is 18.7. The number of thiophene rings is 1. The van der Waals surface area contributed by atoms with Crippen LogP contribution in [0.4, 0.5) is 11.4 Å². The summed E-state index contributed by atoms with van der Waals surface area (Å²) in [4.78, 5) is 30.7. The van der Waals surface area contributed by atoms with Gasteiger partial charge < -0.3 is 9.80 Å². The predicted octanol–water partition coefficient (Wildman–Crippen LogP) is 2.68. The Bertz CT molecular complexity index is 784. The van der Waals surface area contributed by atoms with Gasteiger partial charge >= 0.3 is 0 Å². The summed E-state index contributed by atoms with van der Waals surface area (Å²) in [7, 11) is 3.49. The summed E-state index contributed by atoms with van der Waals surface area (Å²) >= 11 is 1.74. The number of anilines is 1. The Hall–Kier alpha value is -2.45. The smallest absolute Gasteiger partial charge is 0.293 e. The monoisotopic (exact) mass is 374 g/mol. The first-order valence-corrected chi connectivity index (χ1v) is 9.33. The number of nitrogens with zero attached hydrogens (tertiary/aromatic N) is 4. The molecule has 1 aromatic carbocycles. The van der Waals surface area contributed by atoms with Crippen molar-refractivity contribution in [2.45, 2.75) is 6.54 Å². The molecule has 3 rings (SSSR count). The second-order valence-electron chi connectivity index (χ2n) is 6.50. The fraction of sp³-hybridized carbons (Fsp3) is 0.389. The quantitative estimate of drug-likeness (QED) is 0.594. The molecule has 0 saturated carbocycles. The number of carbonyl (C=O) groups excluding carboxylic acids is 1. The van der Waals surface area contributed by atoms with E-state index >= 15 is 0 Å². The van der Waals surface area contributed by atoms with Gasteiger partial charge in [0.25, 0.3) is 11.6 Å². The van der Waals surface area contributed by atoms with Gasteiger partial charge in [0, 0.05) is 63.3 Å². The summed E-state index contributed by atoms with van der Waals surface area (Å²) in [6.07, 6.45) is 0. The summed E-state index contributed by atoms with van der Waals surface area (Å²) in [6.45, 7) is 3.78. The van der Waals surface area contributed by atoms with E-state index in [1.54, 1.807) is 47.4 Å². The van der Waals surface area contributed by atoms with Crippen molar-refractivity contribution < 1.29 is 9.72 Å². The minimum absolute atomic E-state index is 0.0443. The summed E-state index contributed by atoms with van der Waals surface area (Å²) in [5, 5.41) is 13.4. The third-order valence-corrected chi connectivity index (χ3v) is 5.38.